The van der Waals surface area contributed by atoms with E-state index in [0.717, 1.165) is 12.1 Å². The average Bonchev–Trinajstić information content (AvgIpc) is 3.03. The van der Waals surface area contributed by atoms with Crippen LogP contribution in [0.3, 0.4) is 0 Å². The molecule has 0 amide bonds. The summed E-state index contributed by atoms with van der Waals surface area (Å²) in [6, 6.07) is 7.69. The van der Waals surface area contributed by atoms with Crippen LogP contribution in [-0.2, 0) is 0 Å². The van der Waals surface area contributed by atoms with Crippen molar-refractivity contribution >= 4 is 23.3 Å². The molecule has 2 aromatic carbocycles. The number of carbonyl (C=O) groups is 1. The first kappa shape index (κ1) is 19.3. The molecule has 8 nitrogen and oxygen atoms in total. The average molecular weight is 407 g/mol. The number of aromatic nitrogens is 1. The van der Waals surface area contributed by atoms with Crippen LogP contribution in [0.1, 0.15) is 16.1 Å². The molecule has 10 heteroatoms. The van der Waals surface area contributed by atoms with Crippen molar-refractivity contribution in [2.45, 2.75) is 6.92 Å². The van der Waals surface area contributed by atoms with Crippen molar-refractivity contribution < 1.29 is 28.1 Å². The number of rotatable bonds is 5. The fourth-order valence-corrected chi connectivity index (χ4v) is 2.76. The minimum Gasteiger partial charge on any atom is -0.496 e. The Labute approximate surface area is 162 Å². The second-order valence-corrected chi connectivity index (χ2v) is 5.95. The van der Waals surface area contributed by atoms with Gasteiger partial charge in [-0.05, 0) is 31.2 Å². The summed E-state index contributed by atoms with van der Waals surface area (Å²) in [6.45, 7) is 1.42. The van der Waals surface area contributed by atoms with Crippen molar-refractivity contribution in [3.63, 3.8) is 0 Å². The molecular weight excluding hydrogens is 395 g/mol. The van der Waals surface area contributed by atoms with E-state index in [-0.39, 0.29) is 39.1 Å². The zero-order valence-electron chi connectivity index (χ0n) is 14.6. The predicted molar refractivity (Wildman–Crippen MR) is 96.3 cm³/mol. The zero-order chi connectivity index (χ0) is 20.4. The largest absolute Gasteiger partial charge is 0.496 e. The van der Waals surface area contributed by atoms with Crippen molar-refractivity contribution in [3.8, 4) is 22.8 Å². The van der Waals surface area contributed by atoms with Gasteiger partial charge in [-0.1, -0.05) is 22.8 Å². The highest BCUT2D eigenvalue weighted by Gasteiger charge is 2.29. The second kappa shape index (κ2) is 7.65. The number of aryl methyl sites for hydroxylation is 1. The maximum Gasteiger partial charge on any atom is 0.349 e. The van der Waals surface area contributed by atoms with Crippen LogP contribution < -0.4 is 9.47 Å². The van der Waals surface area contributed by atoms with Crippen LogP contribution >= 0.6 is 11.6 Å². The quantitative estimate of drug-likeness (QED) is 0.264. The maximum absolute atomic E-state index is 14.2. The highest BCUT2D eigenvalue weighted by atomic mass is 35.5. The highest BCUT2D eigenvalue weighted by Crippen LogP contribution is 2.36. The summed E-state index contributed by atoms with van der Waals surface area (Å²) in [5, 5.41) is 15.0. The molecule has 0 bridgehead atoms. The third-order valence-corrected chi connectivity index (χ3v) is 4.15. The summed E-state index contributed by atoms with van der Waals surface area (Å²) in [4.78, 5) is 23.2. The molecule has 0 aliphatic heterocycles. The van der Waals surface area contributed by atoms with E-state index in [0.29, 0.717) is 0 Å². The van der Waals surface area contributed by atoms with Crippen molar-refractivity contribution in [2.75, 3.05) is 7.11 Å². The summed E-state index contributed by atoms with van der Waals surface area (Å²) < 4.78 is 29.4. The minimum absolute atomic E-state index is 0.0118. The molecule has 0 saturated carbocycles. The molecule has 0 aliphatic carbocycles. The van der Waals surface area contributed by atoms with E-state index in [1.165, 1.54) is 38.3 Å². The molecule has 0 aliphatic rings. The number of nitro benzene ring substituents is 1. The molecule has 0 atom stereocenters. The number of hydrogen-bond acceptors (Lipinski definition) is 7. The van der Waals surface area contributed by atoms with Crippen LogP contribution in [0.2, 0.25) is 5.02 Å². The lowest BCUT2D eigenvalue weighted by atomic mass is 10.1. The lowest BCUT2D eigenvalue weighted by Gasteiger charge is -2.08. The number of ether oxygens (including phenoxy) is 2. The molecular formula is C18H12ClFN2O6. The smallest absolute Gasteiger partial charge is 0.349 e. The molecule has 3 aromatic rings. The Kier molecular flexibility index (Phi) is 5.27. The first-order valence-corrected chi connectivity index (χ1v) is 8.16. The Balaban J connectivity index is 2.04. The van der Waals surface area contributed by atoms with Gasteiger partial charge in [0.1, 0.15) is 28.6 Å². The normalized spacial score (nSPS) is 10.6. The second-order valence-electron chi connectivity index (χ2n) is 5.54. The summed E-state index contributed by atoms with van der Waals surface area (Å²) in [6.07, 6.45) is 0. The molecule has 28 heavy (non-hydrogen) atoms. The Bertz CT molecular complexity index is 1060. The van der Waals surface area contributed by atoms with Crippen LogP contribution in [-0.4, -0.2) is 23.2 Å². The van der Waals surface area contributed by atoms with Gasteiger partial charge in [-0.15, -0.1) is 0 Å². The van der Waals surface area contributed by atoms with Gasteiger partial charge in [0.2, 0.25) is 5.75 Å². The molecule has 1 aromatic heterocycles. The van der Waals surface area contributed by atoms with Gasteiger partial charge in [0.15, 0.2) is 0 Å². The van der Waals surface area contributed by atoms with E-state index in [9.17, 15) is 19.3 Å². The summed E-state index contributed by atoms with van der Waals surface area (Å²) >= 11 is 6.03. The SMILES string of the molecule is COc1ccc(OC(=O)c2c(-c3c(F)cccc3Cl)noc2C)c([N+](=O)[O-])c1. The highest BCUT2D eigenvalue weighted by molar-refractivity contribution is 6.33. The maximum atomic E-state index is 14.2. The van der Waals surface area contributed by atoms with Gasteiger partial charge in [-0.3, -0.25) is 10.1 Å². The van der Waals surface area contributed by atoms with E-state index in [4.69, 9.17) is 25.6 Å². The Morgan fingerprint density at radius 1 is 1.32 bits per heavy atom. The Hall–Kier alpha value is -3.46. The minimum atomic E-state index is -1.01. The van der Waals surface area contributed by atoms with E-state index >= 15 is 0 Å². The van der Waals surface area contributed by atoms with Crippen LogP contribution in [0.5, 0.6) is 11.5 Å². The van der Waals surface area contributed by atoms with Gasteiger partial charge in [0.05, 0.1) is 28.7 Å². The predicted octanol–water partition coefficient (Wildman–Crippen LogP) is 4.58. The van der Waals surface area contributed by atoms with E-state index in [2.05, 4.69) is 5.16 Å². The lowest BCUT2D eigenvalue weighted by molar-refractivity contribution is -0.385. The van der Waals surface area contributed by atoms with Gasteiger partial charge in [0.25, 0.3) is 0 Å². The lowest BCUT2D eigenvalue weighted by Crippen LogP contribution is -2.12. The van der Waals surface area contributed by atoms with Crippen LogP contribution in [0, 0.1) is 22.9 Å². The summed E-state index contributed by atoms with van der Waals surface area (Å²) in [7, 11) is 1.34. The van der Waals surface area contributed by atoms with E-state index in [1.807, 2.05) is 0 Å². The molecule has 0 N–H and O–H groups in total. The van der Waals surface area contributed by atoms with Crippen molar-refractivity contribution in [2.24, 2.45) is 0 Å². The molecule has 144 valence electrons. The van der Waals surface area contributed by atoms with Gasteiger partial charge < -0.3 is 14.0 Å². The van der Waals surface area contributed by atoms with Crippen LogP contribution in [0.4, 0.5) is 10.1 Å². The number of carbonyl (C=O) groups excluding carboxylic acids is 1. The number of benzene rings is 2. The standard InChI is InChI=1S/C18H12ClFN2O6/c1-9-15(17(21-28-9)16-11(19)4-3-5-12(16)20)18(23)27-14-7-6-10(26-2)8-13(14)22(24)25/h3-8H,1-2H3. The van der Waals surface area contributed by atoms with Gasteiger partial charge in [-0.25, -0.2) is 9.18 Å². The first-order valence-electron chi connectivity index (χ1n) is 7.78. The Morgan fingerprint density at radius 2 is 2.07 bits per heavy atom. The van der Waals surface area contributed by atoms with Crippen LogP contribution in [0.25, 0.3) is 11.3 Å². The number of methoxy groups -OCH3 is 1. The fourth-order valence-electron chi connectivity index (χ4n) is 2.51. The molecule has 0 spiro atoms. The summed E-state index contributed by atoms with van der Waals surface area (Å²) in [5.74, 6) is -1.80. The molecule has 0 fully saturated rings. The topological polar surface area (TPSA) is 105 Å². The van der Waals surface area contributed by atoms with Gasteiger partial charge in [-0.2, -0.15) is 0 Å². The van der Waals surface area contributed by atoms with Crippen molar-refractivity contribution in [1.29, 1.82) is 0 Å². The number of esters is 1. The first-order chi connectivity index (χ1) is 13.3. The molecule has 0 radical (unpaired) electrons. The number of halogens is 2. The molecule has 1 heterocycles. The Morgan fingerprint density at radius 3 is 2.71 bits per heavy atom. The van der Waals surface area contributed by atoms with Gasteiger partial charge in [0, 0.05) is 0 Å². The molecule has 3 rings (SSSR count). The number of nitrogens with zero attached hydrogens (tertiary/aromatic N) is 2. The van der Waals surface area contributed by atoms with E-state index < -0.39 is 22.4 Å². The summed E-state index contributed by atoms with van der Waals surface area (Å²) in [5.41, 5.74) is -0.983. The monoisotopic (exact) mass is 406 g/mol. The number of nitro groups is 1. The third-order valence-electron chi connectivity index (χ3n) is 3.83. The number of hydrogen-bond donors (Lipinski definition) is 0. The van der Waals surface area contributed by atoms with Crippen molar-refractivity contribution in [3.05, 3.63) is 68.7 Å². The molecule has 0 saturated heterocycles. The zero-order valence-corrected chi connectivity index (χ0v) is 15.3. The van der Waals surface area contributed by atoms with Crippen molar-refractivity contribution in [1.82, 2.24) is 5.16 Å². The fraction of sp³-hybridized carbons (Fsp3) is 0.111. The third kappa shape index (κ3) is 3.52. The van der Waals surface area contributed by atoms with Gasteiger partial charge >= 0.3 is 11.7 Å². The van der Waals surface area contributed by atoms with E-state index in [1.54, 1.807) is 0 Å². The van der Waals surface area contributed by atoms with Crippen LogP contribution in [0.15, 0.2) is 40.9 Å². The molecule has 0 unspecified atom stereocenters.